The molecule has 33 heavy (non-hydrogen) atoms. The minimum absolute atomic E-state index is 0. The molecule has 2 aliphatic rings. The molecule has 1 saturated carbocycles. The van der Waals surface area contributed by atoms with Crippen LogP contribution < -0.4 is 25.0 Å². The molecule has 0 radical (unpaired) electrons. The lowest BCUT2D eigenvalue weighted by Gasteiger charge is -2.34. The lowest BCUT2D eigenvalue weighted by Crippen LogP contribution is -2.48. The molecular formula is C26H37IN4O2. The van der Waals surface area contributed by atoms with E-state index < -0.39 is 0 Å². The van der Waals surface area contributed by atoms with Crippen LogP contribution in [0.5, 0.6) is 11.5 Å². The van der Waals surface area contributed by atoms with Crippen molar-refractivity contribution in [3.8, 4) is 11.5 Å². The summed E-state index contributed by atoms with van der Waals surface area (Å²) in [5.74, 6) is 2.49. The van der Waals surface area contributed by atoms with Gasteiger partial charge in [-0.15, -0.1) is 24.0 Å². The van der Waals surface area contributed by atoms with E-state index in [1.807, 2.05) is 19.2 Å². The Morgan fingerprint density at radius 3 is 2.39 bits per heavy atom. The first-order chi connectivity index (χ1) is 15.8. The third-order valence-electron chi connectivity index (χ3n) is 6.49. The van der Waals surface area contributed by atoms with E-state index in [-0.39, 0.29) is 30.1 Å². The van der Waals surface area contributed by atoms with Crippen LogP contribution in [0.2, 0.25) is 0 Å². The van der Waals surface area contributed by atoms with E-state index in [1.165, 1.54) is 18.5 Å². The highest BCUT2D eigenvalue weighted by Crippen LogP contribution is 2.34. The standard InChI is InChI=1S/C26H36N4O2.HI/c1-27-26(29-21-15-17-30(18-16-21)22-10-4-3-5-11-22)28-19-20-9-8-14-24(31-2)25(20)32-23-12-6-7-13-23;/h3-5,8-11,14,21,23H,6-7,12-13,15-19H2,1-2H3,(H2,27,28,29);1H. The van der Waals surface area contributed by atoms with Crippen LogP contribution in [0.4, 0.5) is 5.69 Å². The molecule has 0 unspecified atom stereocenters. The van der Waals surface area contributed by atoms with Crippen molar-refractivity contribution in [1.29, 1.82) is 0 Å². The van der Waals surface area contributed by atoms with Gasteiger partial charge >= 0.3 is 0 Å². The zero-order valence-corrected chi connectivity index (χ0v) is 22.1. The molecule has 2 fully saturated rings. The van der Waals surface area contributed by atoms with Crippen molar-refractivity contribution in [3.63, 3.8) is 0 Å². The Morgan fingerprint density at radius 2 is 1.73 bits per heavy atom. The van der Waals surface area contributed by atoms with Crippen molar-refractivity contribution in [2.45, 2.75) is 57.2 Å². The molecule has 2 aromatic carbocycles. The minimum Gasteiger partial charge on any atom is -0.493 e. The average Bonchev–Trinajstić information content (AvgIpc) is 3.36. The Labute approximate surface area is 215 Å². The van der Waals surface area contributed by atoms with Crippen molar-refractivity contribution in [3.05, 3.63) is 54.1 Å². The van der Waals surface area contributed by atoms with Crippen LogP contribution in [0.3, 0.4) is 0 Å². The maximum atomic E-state index is 6.37. The molecule has 0 spiro atoms. The summed E-state index contributed by atoms with van der Waals surface area (Å²) in [5.41, 5.74) is 2.40. The molecule has 1 heterocycles. The summed E-state index contributed by atoms with van der Waals surface area (Å²) >= 11 is 0. The summed E-state index contributed by atoms with van der Waals surface area (Å²) in [5, 5.41) is 7.09. The Kier molecular flexibility index (Phi) is 9.96. The summed E-state index contributed by atoms with van der Waals surface area (Å²) in [6.07, 6.45) is 7.19. The number of piperidine rings is 1. The Hall–Kier alpha value is -2.16. The quantitative estimate of drug-likeness (QED) is 0.283. The molecule has 1 saturated heterocycles. The van der Waals surface area contributed by atoms with Crippen molar-refractivity contribution in [2.75, 3.05) is 32.1 Å². The van der Waals surface area contributed by atoms with Crippen molar-refractivity contribution in [2.24, 2.45) is 4.99 Å². The number of hydrogen-bond donors (Lipinski definition) is 2. The molecule has 1 aliphatic heterocycles. The molecule has 4 rings (SSSR count). The Morgan fingerprint density at radius 1 is 1.00 bits per heavy atom. The number of methoxy groups -OCH3 is 1. The van der Waals surface area contributed by atoms with Crippen molar-refractivity contribution in [1.82, 2.24) is 10.6 Å². The number of hydrogen-bond acceptors (Lipinski definition) is 4. The maximum Gasteiger partial charge on any atom is 0.191 e. The van der Waals surface area contributed by atoms with Gasteiger partial charge in [-0.3, -0.25) is 4.99 Å². The number of aliphatic imine (C=N–C) groups is 1. The number of nitrogens with zero attached hydrogens (tertiary/aromatic N) is 2. The molecule has 0 amide bonds. The largest absolute Gasteiger partial charge is 0.493 e. The zero-order chi connectivity index (χ0) is 22.2. The van der Waals surface area contributed by atoms with Gasteiger partial charge in [0.2, 0.25) is 0 Å². The predicted molar refractivity (Wildman–Crippen MR) is 146 cm³/mol. The molecule has 2 N–H and O–H groups in total. The van der Waals surface area contributed by atoms with E-state index in [2.05, 4.69) is 56.9 Å². The molecule has 1 aliphatic carbocycles. The Bertz CT molecular complexity index is 879. The van der Waals surface area contributed by atoms with Gasteiger partial charge in [0.25, 0.3) is 0 Å². The van der Waals surface area contributed by atoms with Gasteiger partial charge in [0.1, 0.15) is 0 Å². The minimum atomic E-state index is 0. The van der Waals surface area contributed by atoms with Gasteiger partial charge in [-0.05, 0) is 56.7 Å². The van der Waals surface area contributed by atoms with Gasteiger partial charge in [0, 0.05) is 44.0 Å². The fourth-order valence-corrected chi connectivity index (χ4v) is 4.66. The molecule has 2 aromatic rings. The highest BCUT2D eigenvalue weighted by atomic mass is 127. The number of rotatable bonds is 7. The summed E-state index contributed by atoms with van der Waals surface area (Å²) in [7, 11) is 3.53. The second-order valence-corrected chi connectivity index (χ2v) is 8.64. The topological polar surface area (TPSA) is 58.1 Å². The van der Waals surface area contributed by atoms with Crippen LogP contribution in [0.15, 0.2) is 53.5 Å². The number of para-hydroxylation sites is 2. The van der Waals surface area contributed by atoms with E-state index in [0.29, 0.717) is 12.6 Å². The van der Waals surface area contributed by atoms with Crippen LogP contribution in [0.1, 0.15) is 44.1 Å². The number of guanidine groups is 1. The van der Waals surface area contributed by atoms with Gasteiger partial charge in [-0.1, -0.05) is 30.3 Å². The first kappa shape index (κ1) is 25.5. The van der Waals surface area contributed by atoms with Gasteiger partial charge < -0.3 is 25.0 Å². The van der Waals surface area contributed by atoms with E-state index in [0.717, 1.165) is 61.8 Å². The lowest BCUT2D eigenvalue weighted by molar-refractivity contribution is 0.198. The van der Waals surface area contributed by atoms with E-state index in [1.54, 1.807) is 7.11 Å². The molecule has 6 nitrogen and oxygen atoms in total. The highest BCUT2D eigenvalue weighted by molar-refractivity contribution is 14.0. The summed E-state index contributed by atoms with van der Waals surface area (Å²) < 4.78 is 12.0. The molecule has 0 atom stereocenters. The number of benzene rings is 2. The summed E-state index contributed by atoms with van der Waals surface area (Å²) in [6, 6.07) is 17.2. The summed E-state index contributed by atoms with van der Waals surface area (Å²) in [6.45, 7) is 2.74. The first-order valence-electron chi connectivity index (χ1n) is 11.9. The molecule has 0 aromatic heterocycles. The Balaban J connectivity index is 0.00000306. The van der Waals surface area contributed by atoms with E-state index in [9.17, 15) is 0 Å². The third kappa shape index (κ3) is 6.91. The van der Waals surface area contributed by atoms with Gasteiger partial charge in [0.15, 0.2) is 17.5 Å². The number of halogens is 1. The fourth-order valence-electron chi connectivity index (χ4n) is 4.66. The smallest absolute Gasteiger partial charge is 0.191 e. The molecule has 0 bridgehead atoms. The molecule has 180 valence electrons. The fraction of sp³-hybridized carbons (Fsp3) is 0.500. The van der Waals surface area contributed by atoms with Crippen molar-refractivity contribution < 1.29 is 9.47 Å². The highest BCUT2D eigenvalue weighted by Gasteiger charge is 2.22. The van der Waals surface area contributed by atoms with Crippen LogP contribution in [-0.2, 0) is 6.54 Å². The van der Waals surface area contributed by atoms with Gasteiger partial charge in [-0.25, -0.2) is 0 Å². The van der Waals surface area contributed by atoms with Crippen molar-refractivity contribution >= 4 is 35.6 Å². The normalized spacial score (nSPS) is 17.4. The summed E-state index contributed by atoms with van der Waals surface area (Å²) in [4.78, 5) is 6.91. The molecule has 7 heteroatoms. The second-order valence-electron chi connectivity index (χ2n) is 8.64. The first-order valence-corrected chi connectivity index (χ1v) is 11.9. The number of nitrogens with one attached hydrogen (secondary N) is 2. The maximum absolute atomic E-state index is 6.37. The third-order valence-corrected chi connectivity index (χ3v) is 6.49. The predicted octanol–water partition coefficient (Wildman–Crippen LogP) is 4.97. The van der Waals surface area contributed by atoms with E-state index in [4.69, 9.17) is 9.47 Å². The average molecular weight is 565 g/mol. The SMILES string of the molecule is CN=C(NCc1cccc(OC)c1OC1CCCC1)NC1CCN(c2ccccc2)CC1.I. The zero-order valence-electron chi connectivity index (χ0n) is 19.8. The second kappa shape index (κ2) is 12.9. The molecular weight excluding hydrogens is 527 g/mol. The monoisotopic (exact) mass is 564 g/mol. The number of ether oxygens (including phenoxy) is 2. The van der Waals surface area contributed by atoms with Gasteiger partial charge in [-0.2, -0.15) is 0 Å². The lowest BCUT2D eigenvalue weighted by atomic mass is 10.0. The van der Waals surface area contributed by atoms with Crippen LogP contribution in [0, 0.1) is 0 Å². The van der Waals surface area contributed by atoms with Gasteiger partial charge in [0.05, 0.1) is 13.2 Å². The van der Waals surface area contributed by atoms with Crippen LogP contribution in [0.25, 0.3) is 0 Å². The van der Waals surface area contributed by atoms with Crippen LogP contribution in [-0.4, -0.2) is 45.4 Å². The van der Waals surface area contributed by atoms with Crippen LogP contribution >= 0.6 is 24.0 Å². The van der Waals surface area contributed by atoms with E-state index >= 15 is 0 Å². The number of anilines is 1.